The molecule has 2 N–H and O–H groups in total. The normalized spacial score (nSPS) is 12.4. The van der Waals surface area contributed by atoms with E-state index in [4.69, 9.17) is 4.74 Å². The van der Waals surface area contributed by atoms with E-state index in [1.165, 1.54) is 11.8 Å². The van der Waals surface area contributed by atoms with Gasteiger partial charge in [-0.25, -0.2) is 9.59 Å². The SMILES string of the molecule is Cc1cc(C(=O)O[C@@H](C)C(=O)NC(=O)NC(C)(C)C)c(C)n1Cc1cccs1. The fourth-order valence-corrected chi connectivity index (χ4v) is 3.37. The molecule has 0 fully saturated rings. The van der Waals surface area contributed by atoms with Gasteiger partial charge in [0.25, 0.3) is 5.91 Å². The number of nitrogens with zero attached hydrogens (tertiary/aromatic N) is 1. The number of hydrogen-bond donors (Lipinski definition) is 2. The van der Waals surface area contributed by atoms with Crippen LogP contribution in [0.1, 0.15) is 54.3 Å². The zero-order valence-corrected chi connectivity index (χ0v) is 17.9. The van der Waals surface area contributed by atoms with Crippen LogP contribution in [0.25, 0.3) is 0 Å². The number of carbonyl (C=O) groups excluding carboxylic acids is 3. The first kappa shape index (κ1) is 21.7. The molecule has 2 rings (SSSR count). The summed E-state index contributed by atoms with van der Waals surface area (Å²) in [5.74, 6) is -1.27. The number of nitrogens with one attached hydrogen (secondary N) is 2. The van der Waals surface area contributed by atoms with E-state index in [1.807, 2.05) is 35.9 Å². The maximum Gasteiger partial charge on any atom is 0.340 e. The number of amides is 3. The summed E-state index contributed by atoms with van der Waals surface area (Å²) in [5.41, 5.74) is 1.63. The van der Waals surface area contributed by atoms with Crippen molar-refractivity contribution in [2.75, 3.05) is 0 Å². The van der Waals surface area contributed by atoms with Crippen LogP contribution in [0, 0.1) is 13.8 Å². The lowest BCUT2D eigenvalue weighted by Crippen LogP contribution is -2.50. The number of ether oxygens (including phenoxy) is 1. The first-order valence-corrected chi connectivity index (χ1v) is 9.89. The molecule has 0 spiro atoms. The van der Waals surface area contributed by atoms with Crippen LogP contribution in [-0.2, 0) is 16.1 Å². The topological polar surface area (TPSA) is 89.4 Å². The Labute approximate surface area is 169 Å². The Balaban J connectivity index is 2.02. The second-order valence-electron chi connectivity index (χ2n) is 7.69. The Morgan fingerprint density at radius 2 is 1.93 bits per heavy atom. The van der Waals surface area contributed by atoms with Gasteiger partial charge >= 0.3 is 12.0 Å². The maximum absolute atomic E-state index is 12.5. The molecule has 28 heavy (non-hydrogen) atoms. The van der Waals surface area contributed by atoms with Gasteiger partial charge in [0.05, 0.1) is 12.1 Å². The second-order valence-corrected chi connectivity index (χ2v) is 8.72. The number of thiophene rings is 1. The molecule has 0 unspecified atom stereocenters. The van der Waals surface area contributed by atoms with E-state index in [0.717, 1.165) is 11.4 Å². The molecule has 8 heteroatoms. The minimum atomic E-state index is -1.10. The molecule has 2 heterocycles. The van der Waals surface area contributed by atoms with Crippen molar-refractivity contribution in [2.45, 2.75) is 59.7 Å². The van der Waals surface area contributed by atoms with Gasteiger partial charge in [0, 0.05) is 21.8 Å². The maximum atomic E-state index is 12.5. The Morgan fingerprint density at radius 3 is 2.50 bits per heavy atom. The van der Waals surface area contributed by atoms with Crippen molar-refractivity contribution < 1.29 is 19.1 Å². The summed E-state index contributed by atoms with van der Waals surface area (Å²) >= 11 is 1.65. The summed E-state index contributed by atoms with van der Waals surface area (Å²) in [6.45, 7) is 11.3. The smallest absolute Gasteiger partial charge is 0.340 e. The van der Waals surface area contributed by atoms with E-state index in [1.54, 1.807) is 38.2 Å². The fraction of sp³-hybridized carbons (Fsp3) is 0.450. The van der Waals surface area contributed by atoms with Crippen LogP contribution in [0.15, 0.2) is 23.6 Å². The molecule has 1 atom stereocenters. The molecule has 152 valence electrons. The van der Waals surface area contributed by atoms with E-state index >= 15 is 0 Å². The van der Waals surface area contributed by atoms with Crippen molar-refractivity contribution in [1.29, 1.82) is 0 Å². The third-order valence-electron chi connectivity index (χ3n) is 4.07. The number of hydrogen-bond acceptors (Lipinski definition) is 5. The molecule has 2 aromatic heterocycles. The summed E-state index contributed by atoms with van der Waals surface area (Å²) in [6.07, 6.45) is -1.10. The number of imide groups is 1. The molecule has 0 aliphatic rings. The van der Waals surface area contributed by atoms with Gasteiger partial charge in [-0.1, -0.05) is 6.07 Å². The van der Waals surface area contributed by atoms with Crippen molar-refractivity contribution in [2.24, 2.45) is 0 Å². The predicted octanol–water partition coefficient (Wildman–Crippen LogP) is 3.38. The first-order chi connectivity index (χ1) is 13.0. The number of aryl methyl sites for hydroxylation is 1. The summed E-state index contributed by atoms with van der Waals surface area (Å²) in [4.78, 5) is 37.6. The Morgan fingerprint density at radius 1 is 1.25 bits per heavy atom. The summed E-state index contributed by atoms with van der Waals surface area (Å²) < 4.78 is 7.30. The zero-order valence-electron chi connectivity index (χ0n) is 17.1. The molecule has 0 saturated carbocycles. The van der Waals surface area contributed by atoms with Crippen molar-refractivity contribution in [3.05, 3.63) is 45.4 Å². The lowest BCUT2D eigenvalue weighted by Gasteiger charge is -2.21. The molecule has 0 bridgehead atoms. The van der Waals surface area contributed by atoms with Crippen LogP contribution in [-0.4, -0.2) is 34.1 Å². The number of aromatic nitrogens is 1. The van der Waals surface area contributed by atoms with E-state index in [-0.39, 0.29) is 0 Å². The van der Waals surface area contributed by atoms with E-state index < -0.39 is 29.6 Å². The lowest BCUT2D eigenvalue weighted by atomic mass is 10.1. The third-order valence-corrected chi connectivity index (χ3v) is 4.93. The van der Waals surface area contributed by atoms with Crippen molar-refractivity contribution >= 4 is 29.2 Å². The Bertz CT molecular complexity index is 863. The highest BCUT2D eigenvalue weighted by molar-refractivity contribution is 7.09. The van der Waals surface area contributed by atoms with Crippen LogP contribution in [0.2, 0.25) is 0 Å². The van der Waals surface area contributed by atoms with Gasteiger partial charge in [0.2, 0.25) is 0 Å². The molecule has 0 aromatic carbocycles. The molecule has 2 aromatic rings. The second kappa shape index (κ2) is 8.60. The number of urea groups is 1. The summed E-state index contributed by atoms with van der Waals surface area (Å²) in [5, 5.41) is 6.81. The van der Waals surface area contributed by atoms with Crippen LogP contribution >= 0.6 is 11.3 Å². The summed E-state index contributed by atoms with van der Waals surface area (Å²) in [6, 6.07) is 5.15. The van der Waals surface area contributed by atoms with Gasteiger partial charge in [0.15, 0.2) is 6.10 Å². The minimum Gasteiger partial charge on any atom is -0.449 e. The van der Waals surface area contributed by atoms with E-state index in [9.17, 15) is 14.4 Å². The van der Waals surface area contributed by atoms with Crippen molar-refractivity contribution in [1.82, 2.24) is 15.2 Å². The number of rotatable bonds is 5. The quantitative estimate of drug-likeness (QED) is 0.746. The molecule has 3 amide bonds. The van der Waals surface area contributed by atoms with E-state index in [2.05, 4.69) is 10.6 Å². The standard InChI is InChI=1S/C20H27N3O4S/c1-12-10-16(13(2)23(12)11-15-8-7-9-28-15)18(25)27-14(3)17(24)21-19(26)22-20(4,5)6/h7-10,14H,11H2,1-6H3,(H2,21,22,24,26)/t14-/m0/s1. The van der Waals surface area contributed by atoms with Crippen LogP contribution in [0.4, 0.5) is 4.79 Å². The number of carbonyl (C=O) groups is 3. The van der Waals surface area contributed by atoms with Gasteiger partial charge < -0.3 is 14.6 Å². The average molecular weight is 406 g/mol. The van der Waals surface area contributed by atoms with Gasteiger partial charge in [-0.05, 0) is 59.1 Å². The molecule has 0 radical (unpaired) electrons. The van der Waals surface area contributed by atoms with Crippen molar-refractivity contribution in [3.63, 3.8) is 0 Å². The zero-order chi connectivity index (χ0) is 21.1. The number of esters is 1. The lowest BCUT2D eigenvalue weighted by molar-refractivity contribution is -0.127. The van der Waals surface area contributed by atoms with Gasteiger partial charge in [-0.3, -0.25) is 10.1 Å². The fourth-order valence-electron chi connectivity index (χ4n) is 2.67. The molecule has 7 nitrogen and oxygen atoms in total. The highest BCUT2D eigenvalue weighted by Crippen LogP contribution is 2.20. The van der Waals surface area contributed by atoms with Gasteiger partial charge in [-0.2, -0.15) is 0 Å². The largest absolute Gasteiger partial charge is 0.449 e. The van der Waals surface area contributed by atoms with Crippen molar-refractivity contribution in [3.8, 4) is 0 Å². The third kappa shape index (κ3) is 5.69. The van der Waals surface area contributed by atoms with Crippen LogP contribution in [0.5, 0.6) is 0 Å². The van der Waals surface area contributed by atoms with Gasteiger partial charge in [-0.15, -0.1) is 11.3 Å². The van der Waals surface area contributed by atoms with Crippen LogP contribution in [0.3, 0.4) is 0 Å². The van der Waals surface area contributed by atoms with E-state index in [0.29, 0.717) is 12.1 Å². The molecular weight excluding hydrogens is 378 g/mol. The molecule has 0 aliphatic carbocycles. The predicted molar refractivity (Wildman–Crippen MR) is 109 cm³/mol. The van der Waals surface area contributed by atoms with Gasteiger partial charge in [0.1, 0.15) is 0 Å². The molecule has 0 aliphatic heterocycles. The Hall–Kier alpha value is -2.61. The van der Waals surface area contributed by atoms with Crippen LogP contribution < -0.4 is 10.6 Å². The average Bonchev–Trinajstić information content (AvgIpc) is 3.16. The minimum absolute atomic E-state index is 0.410. The first-order valence-electron chi connectivity index (χ1n) is 9.01. The summed E-state index contributed by atoms with van der Waals surface area (Å²) in [7, 11) is 0. The molecular formula is C20H27N3O4S. The highest BCUT2D eigenvalue weighted by atomic mass is 32.1. The highest BCUT2D eigenvalue weighted by Gasteiger charge is 2.25. The monoisotopic (exact) mass is 405 g/mol. The molecule has 0 saturated heterocycles. The Kier molecular flexibility index (Phi) is 6.66.